The Labute approximate surface area is 334 Å². The van der Waals surface area contributed by atoms with Crippen molar-refractivity contribution in [2.75, 3.05) is 24.3 Å². The molecule has 24 heteroatoms. The summed E-state index contributed by atoms with van der Waals surface area (Å²) in [5.41, 5.74) is 0.883. The van der Waals surface area contributed by atoms with Crippen molar-refractivity contribution in [1.29, 1.82) is 0 Å². The van der Waals surface area contributed by atoms with Crippen LogP contribution < -0.4 is 22.4 Å². The van der Waals surface area contributed by atoms with E-state index in [0.29, 0.717) is 0 Å². The molecule has 332 valence electrons. The highest BCUT2D eigenvalue weighted by molar-refractivity contribution is 5.83. The van der Waals surface area contributed by atoms with Crippen LogP contribution >= 0.6 is 0 Å². The summed E-state index contributed by atoms with van der Waals surface area (Å²) < 4.78 is 95.5. The van der Waals surface area contributed by atoms with E-state index in [1.807, 2.05) is 0 Å². The number of hydrogen-bond acceptors (Lipinski definition) is 17. The number of nitrogens with one attached hydrogen (secondary N) is 1. The highest BCUT2D eigenvalue weighted by Crippen LogP contribution is 2.40. The van der Waals surface area contributed by atoms with E-state index in [4.69, 9.17) is 38.9 Å². The number of nitrogen functional groups attached to an aromatic ring is 1. The summed E-state index contributed by atoms with van der Waals surface area (Å²) in [6.45, 7) is 11.3. The second kappa shape index (κ2) is 18.5. The highest BCUT2D eigenvalue weighted by atomic mass is 19.3. The Balaban J connectivity index is 0.000000324. The number of ether oxygens (including phenoxy) is 7. The molecule has 59 heavy (non-hydrogen) atoms. The zero-order valence-corrected chi connectivity index (χ0v) is 33.8. The lowest BCUT2D eigenvalue weighted by molar-refractivity contribution is -0.132. The van der Waals surface area contributed by atoms with Gasteiger partial charge in [-0.2, -0.15) is 27.5 Å². The molecule has 2 aromatic rings. The molecule has 2 fully saturated rings. The number of alkyl halides is 4. The number of aromatic nitrogens is 4. The number of nitrogens with zero attached hydrogens (tertiary/aromatic N) is 4. The van der Waals surface area contributed by atoms with E-state index < -0.39 is 121 Å². The van der Waals surface area contributed by atoms with Crippen molar-refractivity contribution in [2.24, 2.45) is 0 Å². The molecule has 0 saturated carbocycles. The fourth-order valence-corrected chi connectivity index (χ4v) is 5.26. The van der Waals surface area contributed by atoms with Crippen molar-refractivity contribution < 1.29 is 75.3 Å². The number of carbonyl (C=O) groups is 3. The second-order valence-electron chi connectivity index (χ2n) is 16.2. The van der Waals surface area contributed by atoms with Gasteiger partial charge < -0.3 is 49.1 Å². The maximum absolute atomic E-state index is 15.0. The lowest BCUT2D eigenvalue weighted by Crippen LogP contribution is -2.46. The van der Waals surface area contributed by atoms with Crippen molar-refractivity contribution in [2.45, 2.75) is 141 Å². The van der Waals surface area contributed by atoms with Gasteiger partial charge in [0.2, 0.25) is 0 Å². The number of aliphatic hydroxyl groups excluding tert-OH is 2. The third-order valence-corrected chi connectivity index (χ3v) is 7.68. The highest BCUT2D eigenvalue weighted by Gasteiger charge is 2.62. The molecule has 2 aromatic heterocycles. The molecule has 2 aliphatic rings. The predicted octanol–water partition coefficient (Wildman–Crippen LogP) is 2.85. The van der Waals surface area contributed by atoms with Gasteiger partial charge >= 0.3 is 41.6 Å². The van der Waals surface area contributed by atoms with Crippen LogP contribution in [-0.4, -0.2) is 126 Å². The zero-order chi connectivity index (χ0) is 44.9. The summed E-state index contributed by atoms with van der Waals surface area (Å²) in [6, 6.07) is 2.49. The predicted molar refractivity (Wildman–Crippen MR) is 195 cm³/mol. The second-order valence-corrected chi connectivity index (χ2v) is 16.2. The Morgan fingerprint density at radius 1 is 0.729 bits per heavy atom. The molecule has 2 aliphatic heterocycles. The molecule has 2 saturated heterocycles. The SMILES string of the molecule is CC(C)(C)OC(=O)Nc1ccn(C[C@@H]2O[C@H](CO)[C@@H](OC(=O)OC(C)(C)C)C2(F)F)c(=O)n1.CC(C)(C)OC(=O)O[C@@H]1[C@@H](CO)O[C@@H](Cn2ccc(N)nc2=O)C1(F)F. The van der Waals surface area contributed by atoms with E-state index in [0.717, 1.165) is 15.3 Å². The minimum atomic E-state index is -3.75. The summed E-state index contributed by atoms with van der Waals surface area (Å²) in [6.07, 6.45) is -12.1. The number of carbonyl (C=O) groups excluding carboxylic acids is 3. The van der Waals surface area contributed by atoms with Crippen molar-refractivity contribution in [3.05, 3.63) is 45.5 Å². The van der Waals surface area contributed by atoms with Gasteiger partial charge in [0.05, 0.1) is 26.3 Å². The summed E-state index contributed by atoms with van der Waals surface area (Å²) in [5, 5.41) is 21.0. The van der Waals surface area contributed by atoms with E-state index in [9.17, 15) is 51.7 Å². The first-order valence-electron chi connectivity index (χ1n) is 17.9. The van der Waals surface area contributed by atoms with E-state index in [1.54, 1.807) is 41.5 Å². The van der Waals surface area contributed by atoms with Crippen molar-refractivity contribution >= 4 is 30.0 Å². The van der Waals surface area contributed by atoms with Crippen LogP contribution in [0.25, 0.3) is 0 Å². The topological polar surface area (TPSA) is 264 Å². The molecule has 0 aliphatic carbocycles. The third kappa shape index (κ3) is 13.7. The van der Waals surface area contributed by atoms with Gasteiger partial charge in [0.25, 0.3) is 0 Å². The first-order valence-corrected chi connectivity index (χ1v) is 17.9. The largest absolute Gasteiger partial charge is 0.509 e. The van der Waals surface area contributed by atoms with Gasteiger partial charge in [0, 0.05) is 12.4 Å². The van der Waals surface area contributed by atoms with Gasteiger partial charge in [-0.1, -0.05) is 0 Å². The molecule has 1 amide bonds. The molecule has 0 bridgehead atoms. The van der Waals surface area contributed by atoms with Crippen LogP contribution in [0.2, 0.25) is 0 Å². The lowest BCUT2D eigenvalue weighted by atomic mass is 10.1. The zero-order valence-electron chi connectivity index (χ0n) is 33.8. The Hall–Kier alpha value is -5.07. The molecule has 0 radical (unpaired) electrons. The summed E-state index contributed by atoms with van der Waals surface area (Å²) >= 11 is 0. The third-order valence-electron chi connectivity index (χ3n) is 7.68. The number of amides is 1. The van der Waals surface area contributed by atoms with Crippen LogP contribution in [0, 0.1) is 0 Å². The summed E-state index contributed by atoms with van der Waals surface area (Å²) in [7, 11) is 0. The molecular weight excluding hydrogens is 804 g/mol. The van der Waals surface area contributed by atoms with Gasteiger partial charge in [-0.05, 0) is 74.4 Å². The number of nitrogens with two attached hydrogens (primary N) is 1. The Kier molecular flexibility index (Phi) is 15.1. The van der Waals surface area contributed by atoms with Crippen molar-refractivity contribution in [1.82, 2.24) is 19.1 Å². The first kappa shape index (κ1) is 48.3. The standard InChI is InChI=1S/C20H29F2N3O8.C15H21F2N3O6/c1-18(2,3)32-16(28)24-13-7-8-25(15(27)23-13)9-12-20(21,22)14(11(10-26)30-12)31-17(29)33-19(4,5)6;1-14(2,3)26-13(23)25-11-8(7-21)24-9(15(11,16)17)6-20-5-4-10(18)19-12(20)22/h7-8,11-12,14,26H,9-10H2,1-6H3,(H,23,24,27,28);4-5,8-9,11,21H,6-7H2,1-3H3,(H2,18,19,22)/t11-,12+,14-;8-,9+,11-/m11/s1. The van der Waals surface area contributed by atoms with Crippen LogP contribution in [0.5, 0.6) is 0 Å². The molecule has 4 rings (SSSR count). The average Bonchev–Trinajstić information content (AvgIpc) is 3.43. The van der Waals surface area contributed by atoms with E-state index >= 15 is 0 Å². The monoisotopic (exact) mass is 854 g/mol. The fraction of sp³-hybridized carbons (Fsp3) is 0.686. The van der Waals surface area contributed by atoms with Crippen molar-refractivity contribution in [3.63, 3.8) is 0 Å². The molecular formula is C35H50F4N6O14. The quantitative estimate of drug-likeness (QED) is 0.161. The average molecular weight is 855 g/mol. The van der Waals surface area contributed by atoms with Gasteiger partial charge in [-0.15, -0.1) is 0 Å². The number of rotatable bonds is 9. The number of halogens is 4. The van der Waals surface area contributed by atoms with E-state index in [1.165, 1.54) is 39.1 Å². The molecule has 0 spiro atoms. The van der Waals surface area contributed by atoms with Crippen LogP contribution in [0.4, 0.5) is 43.6 Å². The number of anilines is 2. The molecule has 4 heterocycles. The molecule has 5 N–H and O–H groups in total. The molecule has 6 atom stereocenters. The van der Waals surface area contributed by atoms with E-state index in [2.05, 4.69) is 15.3 Å². The number of hydrogen-bond donors (Lipinski definition) is 4. The van der Waals surface area contributed by atoms with Gasteiger partial charge in [0.1, 0.15) is 52.9 Å². The van der Waals surface area contributed by atoms with Gasteiger partial charge in [0.15, 0.2) is 12.2 Å². The minimum Gasteiger partial charge on any atom is -0.444 e. The first-order chi connectivity index (χ1) is 26.9. The fourth-order valence-electron chi connectivity index (χ4n) is 5.26. The van der Waals surface area contributed by atoms with E-state index in [-0.39, 0.29) is 11.6 Å². The Bertz CT molecular complexity index is 1910. The van der Waals surface area contributed by atoms with Crippen molar-refractivity contribution in [3.8, 4) is 0 Å². The Morgan fingerprint density at radius 3 is 1.47 bits per heavy atom. The van der Waals surface area contributed by atoms with Gasteiger partial charge in [-0.3, -0.25) is 14.5 Å². The molecule has 0 unspecified atom stereocenters. The smallest absolute Gasteiger partial charge is 0.444 e. The van der Waals surface area contributed by atoms with Crippen LogP contribution in [0.15, 0.2) is 34.1 Å². The minimum absolute atomic E-state index is 0.0512. The van der Waals surface area contributed by atoms with Crippen LogP contribution in [0.3, 0.4) is 0 Å². The lowest BCUT2D eigenvalue weighted by Gasteiger charge is -2.25. The molecule has 0 aromatic carbocycles. The summed E-state index contributed by atoms with van der Waals surface area (Å²) in [4.78, 5) is 66.4. The maximum atomic E-state index is 15.0. The van der Waals surface area contributed by atoms with Crippen LogP contribution in [0.1, 0.15) is 62.3 Å². The number of aliphatic hydroxyl groups is 2. The normalized spacial score (nSPS) is 23.6. The summed E-state index contributed by atoms with van der Waals surface area (Å²) in [5.74, 6) is -7.61. The Morgan fingerprint density at radius 2 is 1.12 bits per heavy atom. The maximum Gasteiger partial charge on any atom is 0.509 e. The molecule has 20 nitrogen and oxygen atoms in total. The van der Waals surface area contributed by atoms with Crippen LogP contribution in [-0.2, 0) is 46.2 Å². The van der Waals surface area contributed by atoms with Gasteiger partial charge in [-0.25, -0.2) is 24.0 Å².